The number of hydrogen-bond donors (Lipinski definition) is 4. The molecule has 1 radical (unpaired) electrons. The Bertz CT molecular complexity index is 130. The van der Waals surface area contributed by atoms with Gasteiger partial charge in [-0.05, 0) is 0 Å². The molecule has 4 atom stereocenters. The molecule has 5 N–H and O–H groups in total. The van der Waals surface area contributed by atoms with Crippen molar-refractivity contribution in [3.63, 3.8) is 0 Å². The molecule has 1 fully saturated rings. The quantitative estimate of drug-likeness (QED) is 0.344. The molecule has 0 aromatic heterocycles. The van der Waals surface area contributed by atoms with Crippen LogP contribution >= 0.6 is 0 Å². The number of aliphatic hydroxyl groups is 3. The van der Waals surface area contributed by atoms with Gasteiger partial charge in [0.2, 0.25) is 0 Å². The number of rotatable bonds is 1. The Hall–Kier alpha value is -0.200. The van der Waals surface area contributed by atoms with Crippen molar-refractivity contribution in [3.05, 3.63) is 6.61 Å². The first-order valence-corrected chi connectivity index (χ1v) is 3.38. The number of aliphatic hydroxyl groups excluding tert-OH is 3. The maximum Gasteiger partial charge on any atom is 0.114 e. The maximum absolute atomic E-state index is 9.22. The van der Waals surface area contributed by atoms with Crippen molar-refractivity contribution >= 4 is 0 Å². The van der Waals surface area contributed by atoms with E-state index in [-0.39, 0.29) is 6.61 Å². The predicted molar refractivity (Wildman–Crippen MR) is 36.2 cm³/mol. The Morgan fingerprint density at radius 2 is 2.09 bits per heavy atom. The highest BCUT2D eigenvalue weighted by molar-refractivity contribution is 4.94. The molecule has 0 amide bonds. The monoisotopic (exact) mass is 162 g/mol. The number of ether oxygens (including phenoxy) is 1. The Morgan fingerprint density at radius 1 is 1.45 bits per heavy atom. The maximum atomic E-state index is 9.22. The van der Waals surface area contributed by atoms with Crippen LogP contribution in [0.3, 0.4) is 0 Å². The van der Waals surface area contributed by atoms with Gasteiger partial charge in [-0.25, -0.2) is 0 Å². The summed E-state index contributed by atoms with van der Waals surface area (Å²) >= 11 is 0. The fourth-order valence-corrected chi connectivity index (χ4v) is 0.954. The molecule has 1 rings (SSSR count). The highest BCUT2D eigenvalue weighted by Crippen LogP contribution is 2.15. The largest absolute Gasteiger partial charge is 0.394 e. The smallest absolute Gasteiger partial charge is 0.114 e. The fraction of sp³-hybridized carbons (Fsp3) is 0.833. The zero-order valence-electron chi connectivity index (χ0n) is 5.92. The van der Waals surface area contributed by atoms with Crippen LogP contribution in [-0.2, 0) is 4.74 Å². The second-order valence-electron chi connectivity index (χ2n) is 2.55. The van der Waals surface area contributed by atoms with Crippen LogP contribution in [0.25, 0.3) is 0 Å². The lowest BCUT2D eigenvalue weighted by molar-refractivity contribution is -0.116. The summed E-state index contributed by atoms with van der Waals surface area (Å²) in [6.45, 7) is 0.816. The molecule has 0 aromatic carbocycles. The molecule has 0 spiro atoms. The molecule has 1 heterocycles. The summed E-state index contributed by atoms with van der Waals surface area (Å²) in [4.78, 5) is 0. The van der Waals surface area contributed by atoms with E-state index < -0.39 is 24.4 Å². The normalized spacial score (nSPS) is 45.8. The predicted octanol–water partition coefficient (Wildman–Crippen LogP) is -2.41. The Labute approximate surface area is 64.4 Å². The third-order valence-electron chi connectivity index (χ3n) is 1.74. The van der Waals surface area contributed by atoms with Crippen LogP contribution in [0.5, 0.6) is 0 Å². The van der Waals surface area contributed by atoms with Crippen LogP contribution in [0.2, 0.25) is 0 Å². The van der Waals surface area contributed by atoms with Crippen LogP contribution in [-0.4, -0.2) is 46.3 Å². The van der Waals surface area contributed by atoms with Crippen LogP contribution in [0.4, 0.5) is 0 Å². The molecule has 1 aliphatic rings. The average Bonchev–Trinajstić information content (AvgIpc) is 2.01. The van der Waals surface area contributed by atoms with Crippen molar-refractivity contribution in [2.24, 2.45) is 5.73 Å². The lowest BCUT2D eigenvalue weighted by Crippen LogP contribution is -2.56. The van der Waals surface area contributed by atoms with Crippen LogP contribution in [0, 0.1) is 6.61 Å². The van der Waals surface area contributed by atoms with Gasteiger partial charge >= 0.3 is 0 Å². The van der Waals surface area contributed by atoms with Gasteiger partial charge in [0.15, 0.2) is 0 Å². The van der Waals surface area contributed by atoms with Gasteiger partial charge in [0.05, 0.1) is 12.6 Å². The molecule has 0 aliphatic carbocycles. The van der Waals surface area contributed by atoms with Crippen LogP contribution < -0.4 is 5.73 Å². The summed E-state index contributed by atoms with van der Waals surface area (Å²) in [5.41, 5.74) is 5.37. The highest BCUT2D eigenvalue weighted by atomic mass is 16.5. The average molecular weight is 162 g/mol. The van der Waals surface area contributed by atoms with Gasteiger partial charge in [-0.1, -0.05) is 0 Å². The van der Waals surface area contributed by atoms with E-state index in [2.05, 4.69) is 0 Å². The van der Waals surface area contributed by atoms with E-state index in [1.165, 1.54) is 0 Å². The summed E-state index contributed by atoms with van der Waals surface area (Å²) in [6, 6.07) is -0.777. The van der Waals surface area contributed by atoms with E-state index in [0.29, 0.717) is 0 Å². The van der Waals surface area contributed by atoms with Gasteiger partial charge in [0.1, 0.15) is 24.9 Å². The SMILES string of the molecule is N[C@H]1[C@H](O)[C@@H](CO)O[CH][C@@H]1O. The summed E-state index contributed by atoms with van der Waals surface area (Å²) in [7, 11) is 0. The summed E-state index contributed by atoms with van der Waals surface area (Å²) in [5, 5.41) is 26.9. The van der Waals surface area contributed by atoms with Crippen molar-refractivity contribution in [2.45, 2.75) is 24.4 Å². The topological polar surface area (TPSA) is 95.9 Å². The zero-order chi connectivity index (χ0) is 8.43. The van der Waals surface area contributed by atoms with Gasteiger partial charge in [-0.2, -0.15) is 0 Å². The third kappa shape index (κ3) is 1.69. The molecular weight excluding hydrogens is 150 g/mol. The summed E-state index contributed by atoms with van der Waals surface area (Å²) in [6.07, 6.45) is -2.69. The first-order chi connectivity index (χ1) is 5.16. The Balaban J connectivity index is 2.52. The minimum Gasteiger partial charge on any atom is -0.394 e. The zero-order valence-corrected chi connectivity index (χ0v) is 5.92. The van der Waals surface area contributed by atoms with E-state index in [4.69, 9.17) is 20.7 Å². The molecular formula is C6H12NO4. The van der Waals surface area contributed by atoms with Crippen molar-refractivity contribution in [2.75, 3.05) is 6.61 Å². The van der Waals surface area contributed by atoms with Gasteiger partial charge in [-0.3, -0.25) is 0 Å². The first kappa shape index (κ1) is 8.89. The van der Waals surface area contributed by atoms with Gasteiger partial charge < -0.3 is 25.8 Å². The van der Waals surface area contributed by atoms with Crippen molar-refractivity contribution in [1.82, 2.24) is 0 Å². The molecule has 0 saturated carbocycles. The fourth-order valence-electron chi connectivity index (χ4n) is 0.954. The second-order valence-corrected chi connectivity index (χ2v) is 2.55. The van der Waals surface area contributed by atoms with E-state index in [1.807, 2.05) is 0 Å². The van der Waals surface area contributed by atoms with Gasteiger partial charge in [0, 0.05) is 0 Å². The second kappa shape index (κ2) is 3.46. The molecule has 0 unspecified atom stereocenters. The van der Waals surface area contributed by atoms with Gasteiger partial charge in [0.25, 0.3) is 0 Å². The van der Waals surface area contributed by atoms with E-state index in [1.54, 1.807) is 0 Å². The molecule has 11 heavy (non-hydrogen) atoms. The molecule has 5 nitrogen and oxygen atoms in total. The van der Waals surface area contributed by atoms with Crippen molar-refractivity contribution in [3.8, 4) is 0 Å². The van der Waals surface area contributed by atoms with Crippen LogP contribution in [0.15, 0.2) is 0 Å². The Kier molecular flexibility index (Phi) is 2.80. The summed E-state index contributed by atoms with van der Waals surface area (Å²) < 4.78 is 4.77. The van der Waals surface area contributed by atoms with E-state index in [0.717, 1.165) is 6.61 Å². The van der Waals surface area contributed by atoms with E-state index >= 15 is 0 Å². The van der Waals surface area contributed by atoms with Crippen molar-refractivity contribution < 1.29 is 20.1 Å². The van der Waals surface area contributed by atoms with Gasteiger partial charge in [-0.15, -0.1) is 0 Å². The Morgan fingerprint density at radius 3 is 2.64 bits per heavy atom. The number of nitrogens with two attached hydrogens (primary N) is 1. The minimum absolute atomic E-state index is 0.307. The standard InChI is InChI=1S/C6H12NO4/c7-5-3(9)2-11-4(1-8)6(5)10/h2-6,8-10H,1,7H2/t3-,4+,5+,6+/m0/s1. The molecule has 5 heteroatoms. The molecule has 1 aliphatic heterocycles. The third-order valence-corrected chi connectivity index (χ3v) is 1.74. The van der Waals surface area contributed by atoms with Crippen molar-refractivity contribution in [1.29, 1.82) is 0 Å². The lowest BCUT2D eigenvalue weighted by Gasteiger charge is -2.34. The molecule has 65 valence electrons. The lowest BCUT2D eigenvalue weighted by atomic mass is 9.99. The molecule has 0 bridgehead atoms. The molecule has 1 saturated heterocycles. The number of hydrogen-bond acceptors (Lipinski definition) is 5. The first-order valence-electron chi connectivity index (χ1n) is 3.38. The highest BCUT2D eigenvalue weighted by Gasteiger charge is 2.35. The van der Waals surface area contributed by atoms with Crippen LogP contribution in [0.1, 0.15) is 0 Å². The molecule has 0 aromatic rings. The summed E-state index contributed by atoms with van der Waals surface area (Å²) in [5.74, 6) is 0. The minimum atomic E-state index is -1.01. The van der Waals surface area contributed by atoms with E-state index in [9.17, 15) is 5.11 Å².